The number of carbonyl (C=O) groups excluding carboxylic acids is 1. The van der Waals surface area contributed by atoms with E-state index in [0.29, 0.717) is 34.6 Å². The number of pyridine rings is 1. The Bertz CT molecular complexity index is 998. The molecule has 3 rings (SSSR count). The summed E-state index contributed by atoms with van der Waals surface area (Å²) in [4.78, 5) is 16.8. The number of benzene rings is 2. The summed E-state index contributed by atoms with van der Waals surface area (Å²) in [6.45, 7) is -2.66. The first-order valence-corrected chi connectivity index (χ1v) is 8.80. The monoisotopic (exact) mass is 406 g/mol. The summed E-state index contributed by atoms with van der Waals surface area (Å²) >= 11 is 6.09. The number of amides is 1. The smallest absolute Gasteiger partial charge is 0.387 e. The van der Waals surface area contributed by atoms with Gasteiger partial charge in [0, 0.05) is 23.2 Å². The largest absolute Gasteiger partial charge is 0.493 e. The molecule has 1 heterocycles. The molecule has 0 atom stereocenters. The predicted molar refractivity (Wildman–Crippen MR) is 102 cm³/mol. The van der Waals surface area contributed by atoms with Crippen molar-refractivity contribution < 1.29 is 23.0 Å². The molecule has 0 saturated heterocycles. The Kier molecular flexibility index (Phi) is 6.26. The molecule has 0 unspecified atom stereocenters. The fourth-order valence-corrected chi connectivity index (χ4v) is 3.04. The molecule has 0 saturated carbocycles. The molecule has 5 nitrogen and oxygen atoms in total. The Morgan fingerprint density at radius 3 is 2.79 bits per heavy atom. The summed E-state index contributed by atoms with van der Waals surface area (Å²) in [5.41, 5.74) is 1.65. The van der Waals surface area contributed by atoms with Gasteiger partial charge in [-0.15, -0.1) is 0 Å². The van der Waals surface area contributed by atoms with Crippen molar-refractivity contribution in [2.45, 2.75) is 13.0 Å². The minimum Gasteiger partial charge on any atom is -0.493 e. The van der Waals surface area contributed by atoms with Gasteiger partial charge in [-0.2, -0.15) is 8.78 Å². The lowest BCUT2D eigenvalue weighted by Gasteiger charge is -2.12. The van der Waals surface area contributed by atoms with E-state index in [4.69, 9.17) is 16.3 Å². The number of nitrogens with one attached hydrogen (secondary N) is 1. The molecule has 1 N–H and O–H groups in total. The second kappa shape index (κ2) is 8.84. The highest BCUT2D eigenvalue weighted by molar-refractivity contribution is 6.32. The second-order valence-electron chi connectivity index (χ2n) is 5.90. The van der Waals surface area contributed by atoms with Crippen molar-refractivity contribution in [3.8, 4) is 11.5 Å². The molecule has 1 aromatic heterocycles. The van der Waals surface area contributed by atoms with E-state index in [9.17, 15) is 13.6 Å². The van der Waals surface area contributed by atoms with Gasteiger partial charge in [-0.05, 0) is 42.3 Å². The molecule has 1 amide bonds. The molecule has 0 radical (unpaired) electrons. The molecule has 8 heteroatoms. The highest BCUT2D eigenvalue weighted by Gasteiger charge is 2.14. The molecule has 146 valence electrons. The van der Waals surface area contributed by atoms with Gasteiger partial charge in [0.15, 0.2) is 11.5 Å². The average Bonchev–Trinajstić information content (AvgIpc) is 2.67. The first-order valence-electron chi connectivity index (χ1n) is 8.42. The highest BCUT2D eigenvalue weighted by atomic mass is 35.5. The third kappa shape index (κ3) is 4.67. The van der Waals surface area contributed by atoms with Crippen LogP contribution in [-0.2, 0) is 6.42 Å². The van der Waals surface area contributed by atoms with Crippen LogP contribution in [0.5, 0.6) is 11.5 Å². The van der Waals surface area contributed by atoms with E-state index in [-0.39, 0.29) is 17.4 Å². The first-order chi connectivity index (χ1) is 13.5. The molecule has 0 spiro atoms. The van der Waals surface area contributed by atoms with Crippen LogP contribution in [-0.4, -0.2) is 31.2 Å². The van der Waals surface area contributed by atoms with Gasteiger partial charge in [-0.25, -0.2) is 0 Å². The van der Waals surface area contributed by atoms with Crippen LogP contribution in [0.25, 0.3) is 10.9 Å². The maximum Gasteiger partial charge on any atom is 0.387 e. The number of ether oxygens (including phenoxy) is 2. The van der Waals surface area contributed by atoms with E-state index in [0.717, 1.165) is 5.39 Å². The third-order valence-electron chi connectivity index (χ3n) is 4.06. The van der Waals surface area contributed by atoms with E-state index in [1.54, 1.807) is 36.5 Å². The predicted octanol–water partition coefficient (Wildman–Crippen LogP) is 4.47. The summed E-state index contributed by atoms with van der Waals surface area (Å²) in [6.07, 6.45) is 2.02. The van der Waals surface area contributed by atoms with Crippen LogP contribution in [0, 0.1) is 0 Å². The molecule has 0 bridgehead atoms. The number of hydrogen-bond acceptors (Lipinski definition) is 4. The summed E-state index contributed by atoms with van der Waals surface area (Å²) in [6, 6.07) is 11.6. The lowest BCUT2D eigenvalue weighted by molar-refractivity contribution is -0.0512. The van der Waals surface area contributed by atoms with E-state index >= 15 is 0 Å². The summed E-state index contributed by atoms with van der Waals surface area (Å²) in [5.74, 6) is -0.153. The van der Waals surface area contributed by atoms with Crippen LogP contribution in [0.15, 0.2) is 48.7 Å². The van der Waals surface area contributed by atoms with E-state index in [1.807, 2.05) is 6.07 Å². The normalized spacial score (nSPS) is 10.9. The number of hydrogen-bond donors (Lipinski definition) is 1. The fraction of sp³-hybridized carbons (Fsp3) is 0.200. The van der Waals surface area contributed by atoms with Gasteiger partial charge in [0.25, 0.3) is 5.91 Å². The number of aromatic nitrogens is 1. The average molecular weight is 407 g/mol. The summed E-state index contributed by atoms with van der Waals surface area (Å²) in [5, 5.41) is 4.00. The molecular formula is C20H17ClF2N2O3. The summed E-state index contributed by atoms with van der Waals surface area (Å²) in [7, 11) is 1.37. The maximum atomic E-state index is 12.6. The van der Waals surface area contributed by atoms with Crippen molar-refractivity contribution in [3.05, 3.63) is 64.8 Å². The van der Waals surface area contributed by atoms with Gasteiger partial charge in [0.2, 0.25) is 0 Å². The van der Waals surface area contributed by atoms with Crippen LogP contribution < -0.4 is 14.8 Å². The number of alkyl halides is 2. The molecule has 0 aliphatic carbocycles. The van der Waals surface area contributed by atoms with Crippen molar-refractivity contribution in [1.29, 1.82) is 0 Å². The zero-order valence-electron chi connectivity index (χ0n) is 14.9. The van der Waals surface area contributed by atoms with Crippen molar-refractivity contribution >= 4 is 28.4 Å². The van der Waals surface area contributed by atoms with Crippen LogP contribution in [0.4, 0.5) is 8.78 Å². The number of halogens is 3. The van der Waals surface area contributed by atoms with Gasteiger partial charge < -0.3 is 14.8 Å². The number of fused-ring (bicyclic) bond motifs is 1. The van der Waals surface area contributed by atoms with Crippen molar-refractivity contribution in [3.63, 3.8) is 0 Å². The number of methoxy groups -OCH3 is 1. The highest BCUT2D eigenvalue weighted by Crippen LogP contribution is 2.29. The Hall–Kier alpha value is -2.93. The lowest BCUT2D eigenvalue weighted by Crippen LogP contribution is -2.26. The molecule has 0 aliphatic heterocycles. The van der Waals surface area contributed by atoms with E-state index in [2.05, 4.69) is 15.0 Å². The van der Waals surface area contributed by atoms with Crippen molar-refractivity contribution in [2.24, 2.45) is 0 Å². The van der Waals surface area contributed by atoms with Crippen LogP contribution in [0.1, 0.15) is 15.9 Å². The summed E-state index contributed by atoms with van der Waals surface area (Å²) < 4.78 is 34.5. The van der Waals surface area contributed by atoms with Crippen LogP contribution in [0.3, 0.4) is 0 Å². The Morgan fingerprint density at radius 2 is 2.04 bits per heavy atom. The Balaban J connectivity index is 1.69. The Labute approximate surface area is 165 Å². The lowest BCUT2D eigenvalue weighted by atomic mass is 10.1. The fourth-order valence-electron chi connectivity index (χ4n) is 2.81. The maximum absolute atomic E-state index is 12.6. The first kappa shape index (κ1) is 19.8. The van der Waals surface area contributed by atoms with Crippen LogP contribution in [0.2, 0.25) is 5.02 Å². The van der Waals surface area contributed by atoms with Gasteiger partial charge >= 0.3 is 6.61 Å². The van der Waals surface area contributed by atoms with Gasteiger partial charge in [0.1, 0.15) is 0 Å². The Morgan fingerprint density at radius 1 is 1.21 bits per heavy atom. The third-order valence-corrected chi connectivity index (χ3v) is 4.28. The molecular weight excluding hydrogens is 390 g/mol. The van der Waals surface area contributed by atoms with Gasteiger partial charge in [-0.3, -0.25) is 9.78 Å². The van der Waals surface area contributed by atoms with Crippen molar-refractivity contribution in [2.75, 3.05) is 13.7 Å². The molecule has 28 heavy (non-hydrogen) atoms. The van der Waals surface area contributed by atoms with Gasteiger partial charge in [0.05, 0.1) is 18.2 Å². The number of carbonyl (C=O) groups is 1. The minimum atomic E-state index is -2.95. The SMILES string of the molecule is COc1ccc(CCNC(=O)c2cc(Cl)cc3cccnc23)cc1OC(F)F. The topological polar surface area (TPSA) is 60.5 Å². The minimum absolute atomic E-state index is 0.0497. The molecule has 2 aromatic carbocycles. The molecule has 0 aliphatic rings. The van der Waals surface area contributed by atoms with Gasteiger partial charge in [-0.1, -0.05) is 23.7 Å². The number of rotatable bonds is 7. The zero-order chi connectivity index (χ0) is 20.1. The standard InChI is InChI=1S/C20H17ClF2N2O3/c1-27-16-5-4-12(9-17(16)28-20(22)23)6-8-25-19(26)15-11-14(21)10-13-3-2-7-24-18(13)15/h2-5,7,9-11,20H,6,8H2,1H3,(H,25,26). The molecule has 3 aromatic rings. The van der Waals surface area contributed by atoms with Crippen molar-refractivity contribution in [1.82, 2.24) is 10.3 Å². The second-order valence-corrected chi connectivity index (χ2v) is 6.33. The molecule has 0 fully saturated rings. The van der Waals surface area contributed by atoms with E-state index < -0.39 is 6.61 Å². The van der Waals surface area contributed by atoms with Crippen LogP contribution >= 0.6 is 11.6 Å². The zero-order valence-corrected chi connectivity index (χ0v) is 15.7. The van der Waals surface area contributed by atoms with E-state index in [1.165, 1.54) is 13.2 Å². The number of nitrogens with zero attached hydrogens (tertiary/aromatic N) is 1. The quantitative estimate of drug-likeness (QED) is 0.629.